The van der Waals surface area contributed by atoms with Gasteiger partial charge in [-0.2, -0.15) is 0 Å². The van der Waals surface area contributed by atoms with Crippen LogP contribution in [-0.4, -0.2) is 28.3 Å². The number of thioether (sulfide) groups is 1. The highest BCUT2D eigenvalue weighted by Crippen LogP contribution is 2.33. The molecule has 0 spiro atoms. The number of halogens is 1. The standard InChI is InChI=1S/C13H15ClN2O2S2/c1-4-18-10(17)6-19-5-9-15-12(14)11-7(2)8(3)20-13(11)16-9/h4-6H2,1-3H3. The number of esters is 1. The molecule has 0 radical (unpaired) electrons. The molecular formula is C13H15ClN2O2S2. The largest absolute Gasteiger partial charge is 0.465 e. The minimum absolute atomic E-state index is 0.215. The van der Waals surface area contributed by atoms with Gasteiger partial charge in [0.05, 0.1) is 23.5 Å². The summed E-state index contributed by atoms with van der Waals surface area (Å²) in [7, 11) is 0. The summed E-state index contributed by atoms with van der Waals surface area (Å²) < 4.78 is 4.87. The Hall–Kier alpha value is -0.850. The molecule has 2 aromatic heterocycles. The van der Waals surface area contributed by atoms with E-state index in [1.54, 1.807) is 18.3 Å². The number of carbonyl (C=O) groups is 1. The van der Waals surface area contributed by atoms with E-state index in [0.29, 0.717) is 29.1 Å². The second kappa shape index (κ2) is 6.74. The summed E-state index contributed by atoms with van der Waals surface area (Å²) in [5.41, 5.74) is 1.14. The maximum atomic E-state index is 11.3. The molecule has 0 aliphatic carbocycles. The number of aromatic nitrogens is 2. The molecule has 0 saturated heterocycles. The van der Waals surface area contributed by atoms with Gasteiger partial charge in [0, 0.05) is 4.88 Å². The lowest BCUT2D eigenvalue weighted by molar-refractivity contribution is -0.139. The number of aryl methyl sites for hydroxylation is 2. The first-order valence-electron chi connectivity index (χ1n) is 6.18. The van der Waals surface area contributed by atoms with E-state index in [9.17, 15) is 4.79 Å². The predicted octanol–water partition coefficient (Wildman–Crippen LogP) is 3.76. The van der Waals surface area contributed by atoms with Crippen molar-refractivity contribution in [2.75, 3.05) is 12.4 Å². The fourth-order valence-corrected chi connectivity index (χ4v) is 3.83. The van der Waals surface area contributed by atoms with Crippen molar-refractivity contribution < 1.29 is 9.53 Å². The molecule has 0 saturated carbocycles. The number of ether oxygens (including phenoxy) is 1. The van der Waals surface area contributed by atoms with E-state index < -0.39 is 0 Å². The van der Waals surface area contributed by atoms with Crippen LogP contribution in [0.2, 0.25) is 5.15 Å². The summed E-state index contributed by atoms with van der Waals surface area (Å²) in [5, 5.41) is 1.43. The molecule has 0 fully saturated rings. The molecule has 0 aliphatic heterocycles. The third-order valence-corrected chi connectivity index (χ3v) is 5.06. The van der Waals surface area contributed by atoms with E-state index in [4.69, 9.17) is 16.3 Å². The van der Waals surface area contributed by atoms with Crippen LogP contribution in [0.1, 0.15) is 23.2 Å². The van der Waals surface area contributed by atoms with Crippen molar-refractivity contribution in [3.8, 4) is 0 Å². The lowest BCUT2D eigenvalue weighted by Crippen LogP contribution is -2.07. The Morgan fingerprint density at radius 3 is 2.85 bits per heavy atom. The molecule has 0 bridgehead atoms. The molecule has 4 nitrogen and oxygen atoms in total. The quantitative estimate of drug-likeness (QED) is 0.617. The molecule has 2 aromatic rings. The third-order valence-electron chi connectivity index (χ3n) is 2.79. The van der Waals surface area contributed by atoms with Crippen molar-refractivity contribution in [2.24, 2.45) is 0 Å². The molecule has 2 heterocycles. The summed E-state index contributed by atoms with van der Waals surface area (Å²) in [4.78, 5) is 22.2. The Bertz CT molecular complexity index is 643. The summed E-state index contributed by atoms with van der Waals surface area (Å²) in [5.74, 6) is 1.28. The maximum absolute atomic E-state index is 11.3. The van der Waals surface area contributed by atoms with Gasteiger partial charge >= 0.3 is 5.97 Å². The van der Waals surface area contributed by atoms with Gasteiger partial charge in [0.1, 0.15) is 15.8 Å². The summed E-state index contributed by atoms with van der Waals surface area (Å²) >= 11 is 9.27. The van der Waals surface area contributed by atoms with Crippen LogP contribution in [0.15, 0.2) is 0 Å². The van der Waals surface area contributed by atoms with Crippen molar-refractivity contribution >= 4 is 50.9 Å². The van der Waals surface area contributed by atoms with Gasteiger partial charge in [0.2, 0.25) is 0 Å². The smallest absolute Gasteiger partial charge is 0.315 e. The number of thiophene rings is 1. The lowest BCUT2D eigenvalue weighted by atomic mass is 10.2. The van der Waals surface area contributed by atoms with E-state index in [-0.39, 0.29) is 5.97 Å². The topological polar surface area (TPSA) is 52.1 Å². The highest BCUT2D eigenvalue weighted by atomic mass is 35.5. The zero-order valence-corrected chi connectivity index (χ0v) is 13.9. The van der Waals surface area contributed by atoms with Gasteiger partial charge in [-0.25, -0.2) is 9.97 Å². The van der Waals surface area contributed by atoms with Crippen LogP contribution in [0.5, 0.6) is 0 Å². The van der Waals surface area contributed by atoms with Crippen LogP contribution >= 0.6 is 34.7 Å². The van der Waals surface area contributed by atoms with Crippen molar-refractivity contribution in [3.63, 3.8) is 0 Å². The second-order valence-electron chi connectivity index (χ2n) is 4.19. The molecule has 20 heavy (non-hydrogen) atoms. The molecule has 0 atom stereocenters. The Balaban J connectivity index is 2.10. The highest BCUT2D eigenvalue weighted by molar-refractivity contribution is 7.99. The zero-order chi connectivity index (χ0) is 14.7. The van der Waals surface area contributed by atoms with Crippen LogP contribution in [0.25, 0.3) is 10.2 Å². The number of hydrogen-bond acceptors (Lipinski definition) is 6. The zero-order valence-electron chi connectivity index (χ0n) is 11.5. The van der Waals surface area contributed by atoms with Gasteiger partial charge in [-0.05, 0) is 26.3 Å². The Morgan fingerprint density at radius 2 is 2.15 bits per heavy atom. The monoisotopic (exact) mass is 330 g/mol. The SMILES string of the molecule is CCOC(=O)CSCc1nc(Cl)c2c(C)c(C)sc2n1. The summed E-state index contributed by atoms with van der Waals surface area (Å²) in [6, 6.07) is 0. The van der Waals surface area contributed by atoms with E-state index in [1.165, 1.54) is 16.6 Å². The number of fused-ring (bicyclic) bond motifs is 1. The molecule has 7 heteroatoms. The number of hydrogen-bond donors (Lipinski definition) is 0. The lowest BCUT2D eigenvalue weighted by Gasteiger charge is -2.03. The van der Waals surface area contributed by atoms with E-state index in [0.717, 1.165) is 15.8 Å². The van der Waals surface area contributed by atoms with Crippen LogP contribution in [0.3, 0.4) is 0 Å². The van der Waals surface area contributed by atoms with Gasteiger partial charge < -0.3 is 4.74 Å². The fraction of sp³-hybridized carbons (Fsp3) is 0.462. The molecule has 0 aromatic carbocycles. The van der Waals surface area contributed by atoms with E-state index >= 15 is 0 Å². The van der Waals surface area contributed by atoms with Crippen molar-refractivity contribution in [3.05, 3.63) is 21.4 Å². The minimum Gasteiger partial charge on any atom is -0.465 e. The highest BCUT2D eigenvalue weighted by Gasteiger charge is 2.13. The van der Waals surface area contributed by atoms with Crippen LogP contribution < -0.4 is 0 Å². The molecule has 2 rings (SSSR count). The van der Waals surface area contributed by atoms with Crippen molar-refractivity contribution in [1.29, 1.82) is 0 Å². The molecule has 108 valence electrons. The van der Waals surface area contributed by atoms with Crippen molar-refractivity contribution in [2.45, 2.75) is 26.5 Å². The van der Waals surface area contributed by atoms with Crippen molar-refractivity contribution in [1.82, 2.24) is 9.97 Å². The maximum Gasteiger partial charge on any atom is 0.315 e. The normalized spacial score (nSPS) is 11.0. The Labute approximate surface area is 130 Å². The van der Waals surface area contributed by atoms with Gasteiger partial charge in [0.25, 0.3) is 0 Å². The van der Waals surface area contributed by atoms with Gasteiger partial charge in [-0.1, -0.05) is 11.6 Å². The predicted molar refractivity (Wildman–Crippen MR) is 84.7 cm³/mol. The number of rotatable bonds is 5. The first-order valence-corrected chi connectivity index (χ1v) is 8.53. The number of carbonyl (C=O) groups excluding carboxylic acids is 1. The molecule has 0 N–H and O–H groups in total. The average molecular weight is 331 g/mol. The molecule has 0 aliphatic rings. The van der Waals surface area contributed by atoms with Gasteiger partial charge in [-0.15, -0.1) is 23.1 Å². The van der Waals surface area contributed by atoms with E-state index in [2.05, 4.69) is 9.97 Å². The first-order chi connectivity index (χ1) is 9.52. The second-order valence-corrected chi connectivity index (χ2v) is 6.74. The number of nitrogens with zero attached hydrogens (tertiary/aromatic N) is 2. The van der Waals surface area contributed by atoms with Gasteiger partial charge in [0.15, 0.2) is 0 Å². The van der Waals surface area contributed by atoms with Gasteiger partial charge in [-0.3, -0.25) is 4.79 Å². The summed E-state index contributed by atoms with van der Waals surface area (Å²) in [6.07, 6.45) is 0. The Morgan fingerprint density at radius 1 is 1.40 bits per heavy atom. The third kappa shape index (κ3) is 3.42. The molecule has 0 unspecified atom stereocenters. The fourth-order valence-electron chi connectivity index (χ4n) is 1.73. The van der Waals surface area contributed by atoms with Crippen LogP contribution in [0, 0.1) is 13.8 Å². The molecule has 0 amide bonds. The first kappa shape index (κ1) is 15.5. The Kier molecular flexibility index (Phi) is 5.23. The van der Waals surface area contributed by atoms with Crippen LogP contribution in [0.4, 0.5) is 0 Å². The van der Waals surface area contributed by atoms with Crippen LogP contribution in [-0.2, 0) is 15.3 Å². The summed E-state index contributed by atoms with van der Waals surface area (Å²) in [6.45, 7) is 6.27. The molecular weight excluding hydrogens is 316 g/mol. The van der Waals surface area contributed by atoms with E-state index in [1.807, 2.05) is 13.8 Å². The minimum atomic E-state index is -0.215. The average Bonchev–Trinajstić information content (AvgIpc) is 2.65.